The maximum Gasteiger partial charge on any atom is 0.324 e. The molecule has 0 radical (unpaired) electrons. The Hall–Kier alpha value is -3.59. The van der Waals surface area contributed by atoms with Gasteiger partial charge in [-0.1, -0.05) is 70.8 Å². The quantitative estimate of drug-likeness (QED) is 0.423. The number of pyridine rings is 1. The third-order valence-corrected chi connectivity index (χ3v) is 6.93. The zero-order valence-corrected chi connectivity index (χ0v) is 24.6. The van der Waals surface area contributed by atoms with Crippen molar-refractivity contribution in [2.75, 3.05) is 41.7 Å². The molecule has 1 saturated heterocycles. The largest absolute Gasteiger partial charge is 0.353 e. The van der Waals surface area contributed by atoms with E-state index in [2.05, 4.69) is 41.3 Å². The number of aromatic nitrogens is 3. The lowest BCUT2D eigenvalue weighted by Gasteiger charge is -2.38. The number of hydrogen-bond donors (Lipinski definition) is 2. The summed E-state index contributed by atoms with van der Waals surface area (Å²) in [6.45, 7) is 16.6. The number of aryl methyl sites for hydroxylation is 1. The Morgan fingerprint density at radius 2 is 1.56 bits per heavy atom. The van der Waals surface area contributed by atoms with Crippen molar-refractivity contribution in [1.29, 1.82) is 0 Å². The molecule has 3 heterocycles. The van der Waals surface area contributed by atoms with Gasteiger partial charge in [0.25, 0.3) is 0 Å². The number of halogens is 1. The second-order valence-electron chi connectivity index (χ2n) is 12.0. The van der Waals surface area contributed by atoms with Crippen LogP contribution in [0.25, 0.3) is 5.69 Å². The molecule has 1 fully saturated rings. The van der Waals surface area contributed by atoms with E-state index < -0.39 is 11.4 Å². The van der Waals surface area contributed by atoms with Crippen LogP contribution in [0, 0.1) is 12.3 Å². The Balaban J connectivity index is 1.45. The van der Waals surface area contributed by atoms with E-state index in [1.54, 1.807) is 16.9 Å². The minimum Gasteiger partial charge on any atom is -0.353 e. The van der Waals surface area contributed by atoms with Crippen LogP contribution in [-0.2, 0) is 10.2 Å². The van der Waals surface area contributed by atoms with E-state index in [0.29, 0.717) is 48.5 Å². The Kier molecular flexibility index (Phi) is 7.93. The number of rotatable bonds is 4. The summed E-state index contributed by atoms with van der Waals surface area (Å²) in [5.41, 5.74) is 2.64. The Labute approximate surface area is 235 Å². The fraction of sp³-hybridized carbons (Fsp3) is 0.448. The molecule has 0 spiro atoms. The number of benzene rings is 1. The molecule has 0 unspecified atom stereocenters. The highest BCUT2D eigenvalue weighted by Crippen LogP contribution is 2.29. The van der Waals surface area contributed by atoms with Crippen LogP contribution < -0.4 is 15.5 Å². The van der Waals surface area contributed by atoms with Crippen LogP contribution in [0.4, 0.5) is 22.1 Å². The Morgan fingerprint density at radius 1 is 0.923 bits per heavy atom. The number of anilines is 3. The van der Waals surface area contributed by atoms with E-state index in [-0.39, 0.29) is 11.3 Å². The van der Waals surface area contributed by atoms with Crippen LogP contribution in [0.5, 0.6) is 0 Å². The number of carbonyl (C=O) groups is 2. The van der Waals surface area contributed by atoms with Crippen LogP contribution >= 0.6 is 11.6 Å². The number of nitrogens with one attached hydrogen (secondary N) is 2. The highest BCUT2D eigenvalue weighted by Gasteiger charge is 2.30. The fourth-order valence-corrected chi connectivity index (χ4v) is 4.48. The molecule has 1 aliphatic rings. The minimum atomic E-state index is -0.450. The van der Waals surface area contributed by atoms with Gasteiger partial charge in [0.05, 0.1) is 28.3 Å². The summed E-state index contributed by atoms with van der Waals surface area (Å²) < 4.78 is 1.73. The van der Waals surface area contributed by atoms with Crippen LogP contribution in [0.1, 0.15) is 52.8 Å². The van der Waals surface area contributed by atoms with E-state index in [4.69, 9.17) is 16.7 Å². The predicted octanol–water partition coefficient (Wildman–Crippen LogP) is 5.87. The van der Waals surface area contributed by atoms with Gasteiger partial charge in [-0.05, 0) is 19.1 Å². The average molecular weight is 552 g/mol. The van der Waals surface area contributed by atoms with E-state index in [1.165, 1.54) is 0 Å². The van der Waals surface area contributed by atoms with Gasteiger partial charge in [-0.2, -0.15) is 5.10 Å². The van der Waals surface area contributed by atoms with Gasteiger partial charge >= 0.3 is 6.03 Å². The zero-order chi connectivity index (χ0) is 28.5. The second-order valence-corrected chi connectivity index (χ2v) is 12.5. The SMILES string of the molecule is Cc1ccc(-n2nc(C(C)(C)C)cc2NC(=O)Nc2cnc(N3CCN(C(=O)C(C)(C)C)CC3)cc2Cl)cc1. The number of hydrogen-bond acceptors (Lipinski definition) is 5. The van der Waals surface area contributed by atoms with Crippen LogP contribution in [0.15, 0.2) is 42.6 Å². The lowest BCUT2D eigenvalue weighted by molar-refractivity contribution is -0.139. The summed E-state index contributed by atoms with van der Waals surface area (Å²) >= 11 is 6.55. The van der Waals surface area contributed by atoms with Crippen molar-refractivity contribution in [3.63, 3.8) is 0 Å². The molecule has 4 rings (SSSR count). The number of amides is 3. The summed E-state index contributed by atoms with van der Waals surface area (Å²) in [7, 11) is 0. The molecular weight excluding hydrogens is 514 g/mol. The van der Waals surface area contributed by atoms with Gasteiger partial charge in [-0.25, -0.2) is 14.5 Å². The van der Waals surface area contributed by atoms with Crippen LogP contribution in [-0.4, -0.2) is 57.8 Å². The van der Waals surface area contributed by atoms with Crippen molar-refractivity contribution >= 4 is 40.9 Å². The van der Waals surface area contributed by atoms with Gasteiger partial charge in [0, 0.05) is 49.1 Å². The minimum absolute atomic E-state index is 0.150. The number of piperazine rings is 1. The van der Waals surface area contributed by atoms with E-state index >= 15 is 0 Å². The van der Waals surface area contributed by atoms with Crippen molar-refractivity contribution < 1.29 is 9.59 Å². The van der Waals surface area contributed by atoms with Crippen molar-refractivity contribution in [3.05, 3.63) is 58.9 Å². The van der Waals surface area contributed by atoms with E-state index in [0.717, 1.165) is 16.9 Å². The van der Waals surface area contributed by atoms with E-state index in [1.807, 2.05) is 62.9 Å². The van der Waals surface area contributed by atoms with Gasteiger partial charge in [0.1, 0.15) is 11.6 Å². The smallest absolute Gasteiger partial charge is 0.324 e. The normalized spacial score (nSPS) is 14.4. The van der Waals surface area contributed by atoms with Crippen molar-refractivity contribution in [3.8, 4) is 5.69 Å². The summed E-state index contributed by atoms with van der Waals surface area (Å²) in [6, 6.07) is 11.1. The highest BCUT2D eigenvalue weighted by molar-refractivity contribution is 6.34. The summed E-state index contributed by atoms with van der Waals surface area (Å²) in [6.07, 6.45) is 1.56. The zero-order valence-electron chi connectivity index (χ0n) is 23.8. The Bertz CT molecular complexity index is 1350. The fourth-order valence-electron chi connectivity index (χ4n) is 4.29. The molecule has 208 valence electrons. The lowest BCUT2D eigenvalue weighted by atomic mass is 9.92. The van der Waals surface area contributed by atoms with Gasteiger partial charge in [0.15, 0.2) is 0 Å². The summed E-state index contributed by atoms with van der Waals surface area (Å²) in [4.78, 5) is 34.1. The molecule has 2 aromatic heterocycles. The number of urea groups is 1. The first-order chi connectivity index (χ1) is 18.2. The van der Waals surface area contributed by atoms with Gasteiger partial charge in [0.2, 0.25) is 5.91 Å². The maximum atomic E-state index is 13.0. The van der Waals surface area contributed by atoms with Crippen LogP contribution in [0.2, 0.25) is 5.02 Å². The molecule has 1 aliphatic heterocycles. The molecule has 9 nitrogen and oxygen atoms in total. The lowest BCUT2D eigenvalue weighted by Crippen LogP contribution is -2.51. The standard InChI is InChI=1S/C29H38ClN7O2/c1-19-8-10-20(11-9-19)37-25(17-23(34-37)28(2,3)4)33-27(39)32-22-18-31-24(16-21(22)30)35-12-14-36(15-13-35)26(38)29(5,6)7/h8-11,16-18H,12-15H2,1-7H3,(H2,32,33,39). The van der Waals surface area contributed by atoms with Gasteiger partial charge in [-0.15, -0.1) is 0 Å². The summed E-state index contributed by atoms with van der Waals surface area (Å²) in [5.74, 6) is 1.41. The first kappa shape index (κ1) is 28.4. The van der Waals surface area contributed by atoms with Crippen LogP contribution in [0.3, 0.4) is 0 Å². The third kappa shape index (κ3) is 6.71. The molecule has 10 heteroatoms. The number of carbonyl (C=O) groups excluding carboxylic acids is 2. The molecular formula is C29H38ClN7O2. The third-order valence-electron chi connectivity index (χ3n) is 6.62. The molecule has 0 bridgehead atoms. The molecule has 0 atom stereocenters. The molecule has 0 saturated carbocycles. The van der Waals surface area contributed by atoms with Crippen molar-refractivity contribution in [1.82, 2.24) is 19.7 Å². The molecule has 3 amide bonds. The Morgan fingerprint density at radius 3 is 2.13 bits per heavy atom. The van der Waals surface area contributed by atoms with Crippen molar-refractivity contribution in [2.24, 2.45) is 5.41 Å². The monoisotopic (exact) mass is 551 g/mol. The van der Waals surface area contributed by atoms with Crippen molar-refractivity contribution in [2.45, 2.75) is 53.9 Å². The maximum absolute atomic E-state index is 13.0. The first-order valence-electron chi connectivity index (χ1n) is 13.2. The molecule has 1 aromatic carbocycles. The molecule has 3 aromatic rings. The molecule has 2 N–H and O–H groups in total. The topological polar surface area (TPSA) is 95.4 Å². The highest BCUT2D eigenvalue weighted by atomic mass is 35.5. The second kappa shape index (κ2) is 10.9. The summed E-state index contributed by atoms with van der Waals surface area (Å²) in [5, 5.41) is 10.9. The number of nitrogens with zero attached hydrogens (tertiary/aromatic N) is 5. The predicted molar refractivity (Wildman–Crippen MR) is 157 cm³/mol. The molecule has 0 aliphatic carbocycles. The molecule has 39 heavy (non-hydrogen) atoms. The van der Waals surface area contributed by atoms with Gasteiger partial charge < -0.3 is 15.1 Å². The van der Waals surface area contributed by atoms with Gasteiger partial charge in [-0.3, -0.25) is 10.1 Å². The van der Waals surface area contributed by atoms with E-state index in [9.17, 15) is 9.59 Å². The average Bonchev–Trinajstić information content (AvgIpc) is 3.29. The first-order valence-corrected chi connectivity index (χ1v) is 13.6.